The molecule has 6 heteroatoms. The van der Waals surface area contributed by atoms with Crippen LogP contribution in [-0.4, -0.2) is 42.8 Å². The molecule has 1 aliphatic carbocycles. The van der Waals surface area contributed by atoms with Crippen molar-refractivity contribution in [2.75, 3.05) is 20.2 Å². The number of methoxy groups -OCH3 is 1. The first-order valence-electron chi connectivity index (χ1n) is 10.5. The summed E-state index contributed by atoms with van der Waals surface area (Å²) in [4.78, 5) is 24.8. The molecule has 0 saturated heterocycles. The van der Waals surface area contributed by atoms with Gasteiger partial charge in [-0.1, -0.05) is 25.0 Å². The third kappa shape index (κ3) is 3.47. The second-order valence-electron chi connectivity index (χ2n) is 9.09. The second-order valence-corrected chi connectivity index (χ2v) is 9.09. The van der Waals surface area contributed by atoms with E-state index in [4.69, 9.17) is 4.74 Å². The van der Waals surface area contributed by atoms with Crippen LogP contribution in [0.25, 0.3) is 0 Å². The Balaban J connectivity index is 2.05. The number of carboxylic acids is 1. The van der Waals surface area contributed by atoms with Crippen LogP contribution in [0.4, 0.5) is 0 Å². The summed E-state index contributed by atoms with van der Waals surface area (Å²) >= 11 is 0. The zero-order valence-corrected chi connectivity index (χ0v) is 17.6. The molecular formula is C22H34N2O4. The molecule has 0 aromatic heterocycles. The highest BCUT2D eigenvalue weighted by Gasteiger charge is 2.54. The SMILES string of the molecule is COC(=O)C1(C(=O)O)NCCC2=C1NCCCC2CC1=C(C)CCCC1(C)C. The van der Waals surface area contributed by atoms with Gasteiger partial charge in [-0.05, 0) is 68.8 Å². The molecular weight excluding hydrogens is 356 g/mol. The molecule has 3 rings (SSSR count). The second kappa shape index (κ2) is 7.90. The first kappa shape index (κ1) is 20.9. The van der Waals surface area contributed by atoms with E-state index < -0.39 is 17.5 Å². The summed E-state index contributed by atoms with van der Waals surface area (Å²) in [5, 5.41) is 16.2. The Bertz CT molecular complexity index is 722. The molecule has 3 aliphatic rings. The van der Waals surface area contributed by atoms with E-state index in [1.807, 2.05) is 0 Å². The minimum Gasteiger partial charge on any atom is -0.479 e. The molecule has 3 N–H and O–H groups in total. The first-order chi connectivity index (χ1) is 13.2. The third-order valence-corrected chi connectivity index (χ3v) is 6.95. The van der Waals surface area contributed by atoms with Gasteiger partial charge >= 0.3 is 11.9 Å². The molecule has 0 bridgehead atoms. The third-order valence-electron chi connectivity index (χ3n) is 6.95. The summed E-state index contributed by atoms with van der Waals surface area (Å²) < 4.78 is 4.91. The van der Waals surface area contributed by atoms with Crippen molar-refractivity contribution in [3.05, 3.63) is 22.4 Å². The highest BCUT2D eigenvalue weighted by molar-refractivity contribution is 6.08. The van der Waals surface area contributed by atoms with Crippen LogP contribution in [0.1, 0.15) is 65.7 Å². The predicted molar refractivity (Wildman–Crippen MR) is 108 cm³/mol. The lowest BCUT2D eigenvalue weighted by Crippen LogP contribution is -2.65. The smallest absolute Gasteiger partial charge is 0.344 e. The van der Waals surface area contributed by atoms with Crippen molar-refractivity contribution >= 4 is 11.9 Å². The van der Waals surface area contributed by atoms with Gasteiger partial charge < -0.3 is 15.2 Å². The Hall–Kier alpha value is -1.82. The quantitative estimate of drug-likeness (QED) is 0.388. The molecule has 6 nitrogen and oxygen atoms in total. The van der Waals surface area contributed by atoms with Gasteiger partial charge in [0.15, 0.2) is 0 Å². The molecule has 0 fully saturated rings. The van der Waals surface area contributed by atoms with Gasteiger partial charge in [0, 0.05) is 13.1 Å². The van der Waals surface area contributed by atoms with Crippen molar-refractivity contribution < 1.29 is 19.4 Å². The highest BCUT2D eigenvalue weighted by Crippen LogP contribution is 2.46. The largest absolute Gasteiger partial charge is 0.479 e. The average Bonchev–Trinajstić information content (AvgIpc) is 2.86. The van der Waals surface area contributed by atoms with Crippen LogP contribution >= 0.6 is 0 Å². The van der Waals surface area contributed by atoms with E-state index in [1.54, 1.807) is 0 Å². The highest BCUT2D eigenvalue weighted by atomic mass is 16.5. The molecule has 2 heterocycles. The van der Waals surface area contributed by atoms with Crippen molar-refractivity contribution in [3.8, 4) is 0 Å². The van der Waals surface area contributed by atoms with Crippen molar-refractivity contribution in [1.29, 1.82) is 0 Å². The molecule has 0 aromatic rings. The van der Waals surface area contributed by atoms with E-state index in [9.17, 15) is 14.7 Å². The minimum atomic E-state index is -1.82. The number of aliphatic carboxylic acids is 1. The van der Waals surface area contributed by atoms with Gasteiger partial charge in [0.1, 0.15) is 0 Å². The topological polar surface area (TPSA) is 87.7 Å². The van der Waals surface area contributed by atoms with Crippen molar-refractivity contribution in [1.82, 2.24) is 10.6 Å². The number of rotatable bonds is 4. The zero-order chi connectivity index (χ0) is 20.5. The van der Waals surface area contributed by atoms with E-state index in [2.05, 4.69) is 31.4 Å². The van der Waals surface area contributed by atoms with Crippen molar-refractivity contribution in [3.63, 3.8) is 0 Å². The van der Waals surface area contributed by atoms with E-state index in [0.717, 1.165) is 37.7 Å². The lowest BCUT2D eigenvalue weighted by molar-refractivity contribution is -0.159. The molecule has 0 saturated carbocycles. The van der Waals surface area contributed by atoms with Crippen LogP contribution < -0.4 is 10.6 Å². The number of carboxylic acid groups (broad SMARTS) is 1. The fourth-order valence-corrected chi connectivity index (χ4v) is 5.42. The van der Waals surface area contributed by atoms with Gasteiger partial charge in [-0.2, -0.15) is 0 Å². The number of hydrogen-bond acceptors (Lipinski definition) is 5. The van der Waals surface area contributed by atoms with Crippen LogP contribution in [0.5, 0.6) is 0 Å². The van der Waals surface area contributed by atoms with Crippen LogP contribution in [0.3, 0.4) is 0 Å². The normalized spacial score (nSPS) is 30.2. The Morgan fingerprint density at radius 1 is 1.21 bits per heavy atom. The molecule has 28 heavy (non-hydrogen) atoms. The maximum Gasteiger partial charge on any atom is 0.344 e. The number of nitrogens with one attached hydrogen (secondary N) is 2. The van der Waals surface area contributed by atoms with Crippen molar-refractivity contribution in [2.45, 2.75) is 71.3 Å². The maximum absolute atomic E-state index is 12.6. The van der Waals surface area contributed by atoms with Gasteiger partial charge in [-0.3, -0.25) is 5.32 Å². The summed E-state index contributed by atoms with van der Waals surface area (Å²) in [6.45, 7) is 8.03. The van der Waals surface area contributed by atoms with Gasteiger partial charge in [0.2, 0.25) is 0 Å². The van der Waals surface area contributed by atoms with E-state index in [1.165, 1.54) is 31.1 Å². The molecule has 0 amide bonds. The standard InChI is InChI=1S/C22H34N2O4/c1-14-7-5-10-21(2,3)17(14)13-15-8-6-11-23-18-16(15)9-12-24-22(18,19(25)26)20(27)28-4/h15,23-24H,5-13H2,1-4H3,(H,25,26). The monoisotopic (exact) mass is 390 g/mol. The van der Waals surface area contributed by atoms with Crippen molar-refractivity contribution in [2.24, 2.45) is 11.3 Å². The average molecular weight is 391 g/mol. The Morgan fingerprint density at radius 3 is 2.61 bits per heavy atom. The predicted octanol–water partition coefficient (Wildman–Crippen LogP) is 3.15. The number of carbonyl (C=O) groups excluding carboxylic acids is 1. The zero-order valence-electron chi connectivity index (χ0n) is 17.6. The van der Waals surface area contributed by atoms with Crippen LogP contribution in [0, 0.1) is 11.3 Å². The number of carbonyl (C=O) groups is 2. The first-order valence-corrected chi connectivity index (χ1v) is 10.5. The summed E-state index contributed by atoms with van der Waals surface area (Å²) in [5.41, 5.74) is 2.98. The summed E-state index contributed by atoms with van der Waals surface area (Å²) in [6, 6.07) is 0. The van der Waals surface area contributed by atoms with Crippen LogP contribution in [0.2, 0.25) is 0 Å². The molecule has 156 valence electrons. The van der Waals surface area contributed by atoms with Gasteiger partial charge in [0.05, 0.1) is 12.8 Å². The Labute approximate surface area is 167 Å². The number of ether oxygens (including phenoxy) is 1. The van der Waals surface area contributed by atoms with Gasteiger partial charge in [-0.15, -0.1) is 0 Å². The maximum atomic E-state index is 12.6. The Kier molecular flexibility index (Phi) is 5.89. The number of allylic oxidation sites excluding steroid dienone is 2. The van der Waals surface area contributed by atoms with E-state index in [0.29, 0.717) is 18.8 Å². The molecule has 0 aromatic carbocycles. The molecule has 0 radical (unpaired) electrons. The van der Waals surface area contributed by atoms with Gasteiger partial charge in [0.25, 0.3) is 5.54 Å². The minimum absolute atomic E-state index is 0.182. The lowest BCUT2D eigenvalue weighted by atomic mass is 9.68. The number of hydrogen-bond donors (Lipinski definition) is 3. The molecule has 0 spiro atoms. The number of esters is 1. The fraction of sp³-hybridized carbons (Fsp3) is 0.727. The molecule has 2 unspecified atom stereocenters. The van der Waals surface area contributed by atoms with E-state index in [-0.39, 0.29) is 11.3 Å². The Morgan fingerprint density at radius 2 is 1.96 bits per heavy atom. The molecule has 2 aliphatic heterocycles. The summed E-state index contributed by atoms with van der Waals surface area (Å²) in [6.07, 6.45) is 7.26. The lowest BCUT2D eigenvalue weighted by Gasteiger charge is -2.40. The van der Waals surface area contributed by atoms with Crippen LogP contribution in [0.15, 0.2) is 22.4 Å². The fourth-order valence-electron chi connectivity index (χ4n) is 5.42. The van der Waals surface area contributed by atoms with E-state index >= 15 is 0 Å². The van der Waals surface area contributed by atoms with Gasteiger partial charge in [-0.25, -0.2) is 9.59 Å². The summed E-state index contributed by atoms with van der Waals surface area (Å²) in [5.74, 6) is -1.69. The molecule has 2 atom stereocenters. The van der Waals surface area contributed by atoms with Crippen LogP contribution in [-0.2, 0) is 14.3 Å². The summed E-state index contributed by atoms with van der Waals surface area (Å²) in [7, 11) is 1.25.